The van der Waals surface area contributed by atoms with Crippen molar-refractivity contribution < 1.29 is 19.7 Å². The lowest BCUT2D eigenvalue weighted by atomic mass is 9.89. The van der Waals surface area contributed by atoms with E-state index in [4.69, 9.17) is 14.9 Å². The number of aliphatic hydroxyl groups excluding tert-OH is 2. The molecule has 4 nitrogen and oxygen atoms in total. The number of hydrogen-bond donors (Lipinski definition) is 2. The van der Waals surface area contributed by atoms with E-state index in [0.29, 0.717) is 6.42 Å². The lowest BCUT2D eigenvalue weighted by Crippen LogP contribution is -2.33. The highest BCUT2D eigenvalue weighted by atomic mass is 16.6. The molecule has 0 aromatic rings. The van der Waals surface area contributed by atoms with Crippen molar-refractivity contribution in [2.45, 2.75) is 71.8 Å². The molecular weight excluding hydrogens is 388 g/mol. The van der Waals surface area contributed by atoms with E-state index >= 15 is 0 Å². The molecule has 0 saturated carbocycles. The fourth-order valence-corrected chi connectivity index (χ4v) is 2.43. The second-order valence-corrected chi connectivity index (χ2v) is 7.90. The molecule has 0 aliphatic rings. The molecule has 0 amide bonds. The first-order valence-electron chi connectivity index (χ1n) is 11.3. The van der Waals surface area contributed by atoms with Crippen LogP contribution in [0.1, 0.15) is 65.7 Å². The average molecular weight is 431 g/mol. The van der Waals surface area contributed by atoms with E-state index in [2.05, 4.69) is 67.7 Å². The van der Waals surface area contributed by atoms with Gasteiger partial charge in [0.1, 0.15) is 6.10 Å². The Balaban J connectivity index is 3.92. The van der Waals surface area contributed by atoms with Crippen LogP contribution in [-0.2, 0) is 9.53 Å². The van der Waals surface area contributed by atoms with Crippen molar-refractivity contribution in [2.75, 3.05) is 13.2 Å². The Kier molecular flexibility index (Phi) is 18.4. The number of rotatable bonds is 17. The summed E-state index contributed by atoms with van der Waals surface area (Å²) in [5.74, 6) is -0.417. The van der Waals surface area contributed by atoms with Crippen LogP contribution in [0.25, 0.3) is 0 Å². The van der Waals surface area contributed by atoms with Gasteiger partial charge in [-0.15, -0.1) is 0 Å². The maximum Gasteiger partial charge on any atom is 0.312 e. The van der Waals surface area contributed by atoms with Crippen LogP contribution in [0.2, 0.25) is 0 Å². The molecule has 0 aliphatic carbocycles. The Morgan fingerprint density at radius 1 is 0.710 bits per heavy atom. The number of hydrogen-bond acceptors (Lipinski definition) is 4. The number of carbonyl (C=O) groups excluding carboxylic acids is 1. The summed E-state index contributed by atoms with van der Waals surface area (Å²) in [6.07, 6.45) is 31.2. The van der Waals surface area contributed by atoms with Gasteiger partial charge in [0.15, 0.2) is 0 Å². The molecule has 174 valence electrons. The molecule has 0 atom stereocenters. The quantitative estimate of drug-likeness (QED) is 0.219. The van der Waals surface area contributed by atoms with Gasteiger partial charge in [-0.3, -0.25) is 4.79 Å². The number of allylic oxidation sites excluding steroid dienone is 12. The zero-order chi connectivity index (χ0) is 23.2. The van der Waals surface area contributed by atoms with Gasteiger partial charge in [0, 0.05) is 0 Å². The standard InChI is InChI=1S/C27H42O4/c1-4-5-6-7-8-9-10-11-12-13-14-15-16-17-18-19-20-21-22-27(2,3)26(30)31-25(23-28)24-29/h5-6,8-9,11-12,14-15,17-18,20-21,25,28-29H,4,7,10,13,16,19,22-24H2,1-3H3. The van der Waals surface area contributed by atoms with Crippen molar-refractivity contribution in [2.24, 2.45) is 5.41 Å². The summed E-state index contributed by atoms with van der Waals surface area (Å²) in [5, 5.41) is 18.0. The number of carbonyl (C=O) groups is 1. The minimum Gasteiger partial charge on any atom is -0.457 e. The van der Waals surface area contributed by atoms with Crippen molar-refractivity contribution in [3.05, 3.63) is 72.9 Å². The van der Waals surface area contributed by atoms with Crippen molar-refractivity contribution >= 4 is 5.97 Å². The Hall–Kier alpha value is -2.17. The first-order chi connectivity index (χ1) is 15.0. The highest BCUT2D eigenvalue weighted by molar-refractivity contribution is 5.76. The molecule has 0 aliphatic heterocycles. The first kappa shape index (κ1) is 28.8. The highest BCUT2D eigenvalue weighted by Crippen LogP contribution is 2.23. The van der Waals surface area contributed by atoms with Gasteiger partial charge in [0.25, 0.3) is 0 Å². The van der Waals surface area contributed by atoms with Gasteiger partial charge in [-0.25, -0.2) is 0 Å². The minimum absolute atomic E-state index is 0.377. The molecule has 0 aromatic carbocycles. The fraction of sp³-hybridized carbons (Fsp3) is 0.519. The van der Waals surface area contributed by atoms with E-state index in [1.807, 2.05) is 12.2 Å². The first-order valence-corrected chi connectivity index (χ1v) is 11.3. The average Bonchev–Trinajstić information content (AvgIpc) is 2.76. The zero-order valence-electron chi connectivity index (χ0n) is 19.6. The van der Waals surface area contributed by atoms with Crippen LogP contribution in [0, 0.1) is 5.41 Å². The van der Waals surface area contributed by atoms with Crippen LogP contribution in [0.5, 0.6) is 0 Å². The lowest BCUT2D eigenvalue weighted by Gasteiger charge is -2.23. The van der Waals surface area contributed by atoms with Gasteiger partial charge < -0.3 is 14.9 Å². The monoisotopic (exact) mass is 430 g/mol. The van der Waals surface area contributed by atoms with Crippen LogP contribution < -0.4 is 0 Å². The molecule has 31 heavy (non-hydrogen) atoms. The summed E-state index contributed by atoms with van der Waals surface area (Å²) >= 11 is 0. The molecule has 4 heteroatoms. The Bertz CT molecular complexity index is 617. The van der Waals surface area contributed by atoms with E-state index in [-0.39, 0.29) is 13.2 Å². The molecule has 0 unspecified atom stereocenters. The van der Waals surface area contributed by atoms with Crippen molar-refractivity contribution in [3.8, 4) is 0 Å². The van der Waals surface area contributed by atoms with Gasteiger partial charge in [-0.1, -0.05) is 79.8 Å². The van der Waals surface area contributed by atoms with E-state index < -0.39 is 17.5 Å². The summed E-state index contributed by atoms with van der Waals surface area (Å²) < 4.78 is 5.10. The van der Waals surface area contributed by atoms with Crippen LogP contribution in [0.3, 0.4) is 0 Å². The van der Waals surface area contributed by atoms with Crippen molar-refractivity contribution in [1.29, 1.82) is 0 Å². The van der Waals surface area contributed by atoms with Crippen LogP contribution in [-0.4, -0.2) is 35.5 Å². The van der Waals surface area contributed by atoms with Gasteiger partial charge in [-0.2, -0.15) is 0 Å². The topological polar surface area (TPSA) is 66.8 Å². The maximum absolute atomic E-state index is 12.1. The van der Waals surface area contributed by atoms with Crippen LogP contribution in [0.4, 0.5) is 0 Å². The predicted octanol–water partition coefficient (Wildman–Crippen LogP) is 6.00. The Morgan fingerprint density at radius 2 is 1.06 bits per heavy atom. The minimum atomic E-state index is -0.850. The zero-order valence-corrected chi connectivity index (χ0v) is 19.6. The van der Waals surface area contributed by atoms with Crippen molar-refractivity contribution in [1.82, 2.24) is 0 Å². The molecule has 0 spiro atoms. The van der Waals surface area contributed by atoms with Gasteiger partial charge in [0.2, 0.25) is 0 Å². The van der Waals surface area contributed by atoms with E-state index in [1.165, 1.54) is 0 Å². The van der Waals surface area contributed by atoms with Crippen LogP contribution >= 0.6 is 0 Å². The summed E-state index contributed by atoms with van der Waals surface area (Å²) in [6.45, 7) is 4.98. The molecule has 0 saturated heterocycles. The molecule has 0 heterocycles. The molecule has 2 N–H and O–H groups in total. The van der Waals surface area contributed by atoms with Crippen LogP contribution in [0.15, 0.2) is 72.9 Å². The molecule has 0 aromatic heterocycles. The molecule has 0 rings (SSSR count). The molecule has 0 radical (unpaired) electrons. The van der Waals surface area contributed by atoms with Gasteiger partial charge >= 0.3 is 5.97 Å². The summed E-state index contributed by atoms with van der Waals surface area (Å²) in [4.78, 5) is 12.1. The predicted molar refractivity (Wildman–Crippen MR) is 131 cm³/mol. The fourth-order valence-electron chi connectivity index (χ4n) is 2.43. The van der Waals surface area contributed by atoms with Gasteiger partial charge in [-0.05, 0) is 58.8 Å². The normalized spacial score (nSPS) is 13.5. The third kappa shape index (κ3) is 17.2. The SMILES string of the molecule is CCC=CCC=CCC=CCC=CCC=CCC=CCC(C)(C)C(=O)OC(CO)CO. The largest absolute Gasteiger partial charge is 0.457 e. The number of ether oxygens (including phenoxy) is 1. The third-order valence-corrected chi connectivity index (χ3v) is 4.46. The summed E-state index contributed by atoms with van der Waals surface area (Å²) in [7, 11) is 0. The summed E-state index contributed by atoms with van der Waals surface area (Å²) in [6, 6.07) is 0. The molecule has 0 fully saturated rings. The summed E-state index contributed by atoms with van der Waals surface area (Å²) in [5.41, 5.74) is -0.694. The molecule has 0 bridgehead atoms. The Morgan fingerprint density at radius 3 is 1.42 bits per heavy atom. The van der Waals surface area contributed by atoms with E-state index in [0.717, 1.165) is 38.5 Å². The number of aliphatic hydroxyl groups is 2. The van der Waals surface area contributed by atoms with Gasteiger partial charge in [0.05, 0.1) is 18.6 Å². The molecular formula is C27H42O4. The second kappa shape index (κ2) is 19.8. The second-order valence-electron chi connectivity index (χ2n) is 7.90. The van der Waals surface area contributed by atoms with E-state index in [1.54, 1.807) is 13.8 Å². The van der Waals surface area contributed by atoms with E-state index in [9.17, 15) is 4.79 Å². The smallest absolute Gasteiger partial charge is 0.312 e. The number of esters is 1. The third-order valence-electron chi connectivity index (χ3n) is 4.46. The maximum atomic E-state index is 12.1. The Labute approximate surface area is 189 Å². The lowest BCUT2D eigenvalue weighted by molar-refractivity contribution is -0.163. The highest BCUT2D eigenvalue weighted by Gasteiger charge is 2.29. The van der Waals surface area contributed by atoms with Crippen molar-refractivity contribution in [3.63, 3.8) is 0 Å².